The number of pyridine rings is 1. The molecule has 132 valence electrons. The number of aliphatic hydroxyl groups is 1. The molecule has 0 radical (unpaired) electrons. The van der Waals surface area contributed by atoms with Crippen LogP contribution in [0.3, 0.4) is 0 Å². The third kappa shape index (κ3) is 4.18. The number of nitrogens with zero attached hydrogens (tertiary/aromatic N) is 2. The summed E-state index contributed by atoms with van der Waals surface area (Å²) in [6, 6.07) is 11.4. The molecule has 2 heterocycles. The van der Waals surface area contributed by atoms with Crippen molar-refractivity contribution in [2.75, 3.05) is 19.6 Å². The maximum Gasteiger partial charge on any atom is 0.237 e. The second-order valence-corrected chi connectivity index (χ2v) is 6.75. The highest BCUT2D eigenvalue weighted by atomic mass is 35.5. The minimum atomic E-state index is -0.486. The SMILES string of the molecule is C[C@@H](O)CNCC(=O)N1CCc2ccccc2C1c1cc(Cl)ccn1. The first-order valence-corrected chi connectivity index (χ1v) is 8.81. The highest BCUT2D eigenvalue weighted by molar-refractivity contribution is 6.30. The van der Waals surface area contributed by atoms with Crippen LogP contribution in [-0.2, 0) is 11.2 Å². The number of benzene rings is 1. The zero-order valence-corrected chi connectivity index (χ0v) is 14.9. The maximum atomic E-state index is 12.8. The average Bonchev–Trinajstić information content (AvgIpc) is 2.60. The van der Waals surface area contributed by atoms with Gasteiger partial charge in [-0.25, -0.2) is 0 Å². The van der Waals surface area contributed by atoms with Gasteiger partial charge in [0, 0.05) is 24.3 Å². The normalized spacial score (nSPS) is 17.9. The van der Waals surface area contributed by atoms with Crippen molar-refractivity contribution >= 4 is 17.5 Å². The number of hydrogen-bond donors (Lipinski definition) is 2. The predicted octanol–water partition coefficient (Wildman–Crippen LogP) is 2.18. The van der Waals surface area contributed by atoms with Gasteiger partial charge in [-0.1, -0.05) is 35.9 Å². The summed E-state index contributed by atoms with van der Waals surface area (Å²) in [7, 11) is 0. The summed E-state index contributed by atoms with van der Waals surface area (Å²) < 4.78 is 0. The van der Waals surface area contributed by atoms with Crippen molar-refractivity contribution in [1.29, 1.82) is 0 Å². The van der Waals surface area contributed by atoms with Crippen LogP contribution >= 0.6 is 11.6 Å². The molecule has 3 rings (SSSR count). The lowest BCUT2D eigenvalue weighted by Crippen LogP contribution is -2.45. The molecule has 0 aliphatic carbocycles. The van der Waals surface area contributed by atoms with Gasteiger partial charge in [0.15, 0.2) is 0 Å². The number of fused-ring (bicyclic) bond motifs is 1. The molecule has 0 saturated carbocycles. The second-order valence-electron chi connectivity index (χ2n) is 6.32. The van der Waals surface area contributed by atoms with Gasteiger partial charge in [0.2, 0.25) is 5.91 Å². The molecule has 25 heavy (non-hydrogen) atoms. The molecule has 6 heteroatoms. The number of hydrogen-bond acceptors (Lipinski definition) is 4. The van der Waals surface area contributed by atoms with E-state index in [0.29, 0.717) is 18.1 Å². The molecule has 2 aromatic rings. The Morgan fingerprint density at radius 3 is 3.00 bits per heavy atom. The van der Waals surface area contributed by atoms with Crippen LogP contribution in [-0.4, -0.2) is 46.6 Å². The fourth-order valence-electron chi connectivity index (χ4n) is 3.21. The van der Waals surface area contributed by atoms with Gasteiger partial charge in [0.05, 0.1) is 24.4 Å². The van der Waals surface area contributed by atoms with Gasteiger partial charge in [-0.3, -0.25) is 9.78 Å². The van der Waals surface area contributed by atoms with Crippen LogP contribution in [0.5, 0.6) is 0 Å². The number of halogens is 1. The van der Waals surface area contributed by atoms with E-state index in [-0.39, 0.29) is 18.5 Å². The predicted molar refractivity (Wildman–Crippen MR) is 97.5 cm³/mol. The Bertz CT molecular complexity index is 751. The van der Waals surface area contributed by atoms with Gasteiger partial charge >= 0.3 is 0 Å². The first kappa shape index (κ1) is 17.9. The lowest BCUT2D eigenvalue weighted by Gasteiger charge is -2.37. The molecule has 0 bridgehead atoms. The lowest BCUT2D eigenvalue weighted by atomic mass is 9.90. The third-order valence-corrected chi connectivity index (χ3v) is 4.58. The summed E-state index contributed by atoms with van der Waals surface area (Å²) in [4.78, 5) is 19.1. The molecule has 1 unspecified atom stereocenters. The standard InChI is InChI=1S/C19H22ClN3O2/c1-13(24)11-21-12-18(25)23-9-7-14-4-2-3-5-16(14)19(23)17-10-15(20)6-8-22-17/h2-6,8,10,13,19,21,24H,7,9,11-12H2,1H3/t13-,19?/m1/s1. The molecule has 1 aliphatic rings. The van der Waals surface area contributed by atoms with Gasteiger partial charge in [-0.05, 0) is 36.6 Å². The molecule has 0 fully saturated rings. The first-order chi connectivity index (χ1) is 12.1. The monoisotopic (exact) mass is 359 g/mol. The number of carbonyl (C=O) groups excluding carboxylic acids is 1. The number of aliphatic hydroxyl groups excluding tert-OH is 1. The Balaban J connectivity index is 1.90. The zero-order chi connectivity index (χ0) is 17.8. The summed E-state index contributed by atoms with van der Waals surface area (Å²) in [5, 5.41) is 13.0. The molecular formula is C19H22ClN3O2. The summed E-state index contributed by atoms with van der Waals surface area (Å²) in [5.41, 5.74) is 3.09. The number of nitrogens with one attached hydrogen (secondary N) is 1. The van der Waals surface area contributed by atoms with Crippen LogP contribution < -0.4 is 5.32 Å². The van der Waals surface area contributed by atoms with Crippen molar-refractivity contribution in [2.45, 2.75) is 25.5 Å². The van der Waals surface area contributed by atoms with Gasteiger partial charge in [-0.2, -0.15) is 0 Å². The molecule has 1 amide bonds. The smallest absolute Gasteiger partial charge is 0.237 e. The minimum Gasteiger partial charge on any atom is -0.392 e. The van der Waals surface area contributed by atoms with E-state index in [1.807, 2.05) is 29.2 Å². The lowest BCUT2D eigenvalue weighted by molar-refractivity contribution is -0.132. The summed E-state index contributed by atoms with van der Waals surface area (Å²) >= 11 is 6.15. The van der Waals surface area contributed by atoms with Crippen molar-refractivity contribution in [3.05, 3.63) is 64.4 Å². The Labute approximate surface area is 152 Å². The second kappa shape index (κ2) is 7.95. The van der Waals surface area contributed by atoms with E-state index in [1.165, 1.54) is 5.56 Å². The molecule has 2 N–H and O–H groups in total. The Morgan fingerprint density at radius 1 is 1.44 bits per heavy atom. The molecule has 0 saturated heterocycles. The van der Waals surface area contributed by atoms with Crippen LogP contribution in [0.2, 0.25) is 5.02 Å². The number of amides is 1. The van der Waals surface area contributed by atoms with E-state index in [0.717, 1.165) is 17.7 Å². The largest absolute Gasteiger partial charge is 0.392 e. The van der Waals surface area contributed by atoms with Crippen molar-refractivity contribution in [3.8, 4) is 0 Å². The molecule has 2 atom stereocenters. The summed E-state index contributed by atoms with van der Waals surface area (Å²) in [6.45, 7) is 2.89. The third-order valence-electron chi connectivity index (χ3n) is 4.34. The van der Waals surface area contributed by atoms with E-state index in [9.17, 15) is 9.90 Å². The quantitative estimate of drug-likeness (QED) is 0.858. The Morgan fingerprint density at radius 2 is 2.24 bits per heavy atom. The first-order valence-electron chi connectivity index (χ1n) is 8.44. The number of aromatic nitrogens is 1. The van der Waals surface area contributed by atoms with Crippen LogP contribution in [0.4, 0.5) is 0 Å². The van der Waals surface area contributed by atoms with E-state index in [2.05, 4.69) is 16.4 Å². The van der Waals surface area contributed by atoms with Crippen molar-refractivity contribution in [3.63, 3.8) is 0 Å². The van der Waals surface area contributed by atoms with E-state index < -0.39 is 6.10 Å². The molecule has 1 aliphatic heterocycles. The molecule has 1 aromatic heterocycles. The summed E-state index contributed by atoms with van der Waals surface area (Å²) in [5.74, 6) is -0.0121. The van der Waals surface area contributed by atoms with Gasteiger partial charge in [-0.15, -0.1) is 0 Å². The number of carbonyl (C=O) groups is 1. The minimum absolute atomic E-state index is 0.0121. The molecular weight excluding hydrogens is 338 g/mol. The van der Waals surface area contributed by atoms with E-state index in [1.54, 1.807) is 19.2 Å². The van der Waals surface area contributed by atoms with Crippen LogP contribution in [0.1, 0.15) is 29.8 Å². The summed E-state index contributed by atoms with van der Waals surface area (Å²) in [6.07, 6.45) is 2.00. The topological polar surface area (TPSA) is 65.5 Å². The fraction of sp³-hybridized carbons (Fsp3) is 0.368. The van der Waals surface area contributed by atoms with Crippen LogP contribution in [0.25, 0.3) is 0 Å². The highest BCUT2D eigenvalue weighted by Gasteiger charge is 2.32. The van der Waals surface area contributed by atoms with Gasteiger partial charge < -0.3 is 15.3 Å². The van der Waals surface area contributed by atoms with Gasteiger partial charge in [0.25, 0.3) is 0 Å². The van der Waals surface area contributed by atoms with Crippen molar-refractivity contribution in [1.82, 2.24) is 15.2 Å². The Hall–Kier alpha value is -1.95. The van der Waals surface area contributed by atoms with Crippen molar-refractivity contribution in [2.24, 2.45) is 0 Å². The molecule has 1 aromatic carbocycles. The van der Waals surface area contributed by atoms with Crippen LogP contribution in [0.15, 0.2) is 42.6 Å². The maximum absolute atomic E-state index is 12.8. The van der Waals surface area contributed by atoms with Crippen LogP contribution in [0, 0.1) is 0 Å². The molecule has 5 nitrogen and oxygen atoms in total. The zero-order valence-electron chi connectivity index (χ0n) is 14.2. The molecule has 0 spiro atoms. The van der Waals surface area contributed by atoms with E-state index in [4.69, 9.17) is 11.6 Å². The van der Waals surface area contributed by atoms with E-state index >= 15 is 0 Å². The highest BCUT2D eigenvalue weighted by Crippen LogP contribution is 2.34. The van der Waals surface area contributed by atoms with Gasteiger partial charge in [0.1, 0.15) is 0 Å². The average molecular weight is 360 g/mol. The fourth-order valence-corrected chi connectivity index (χ4v) is 3.38. The number of rotatable bonds is 5. The Kier molecular flexibility index (Phi) is 5.68. The van der Waals surface area contributed by atoms with Crippen molar-refractivity contribution < 1.29 is 9.90 Å².